The molecule has 0 spiro atoms. The van der Waals surface area contributed by atoms with Crippen molar-refractivity contribution in [2.24, 2.45) is 0 Å². The number of fused-ring (bicyclic) bond motifs is 1. The van der Waals surface area contributed by atoms with Gasteiger partial charge in [0.2, 0.25) is 0 Å². The first-order chi connectivity index (χ1) is 11.8. The van der Waals surface area contributed by atoms with Gasteiger partial charge >= 0.3 is 6.18 Å². The molecule has 1 aliphatic carbocycles. The number of nitrogens with one attached hydrogen (secondary N) is 1. The van der Waals surface area contributed by atoms with E-state index in [1.54, 1.807) is 6.92 Å². The molecule has 4 nitrogen and oxygen atoms in total. The van der Waals surface area contributed by atoms with Crippen molar-refractivity contribution < 1.29 is 18.0 Å². The van der Waals surface area contributed by atoms with Crippen molar-refractivity contribution in [3.05, 3.63) is 34.2 Å². The number of hydrogen-bond acceptors (Lipinski definition) is 2. The van der Waals surface area contributed by atoms with Crippen LogP contribution in [-0.4, -0.2) is 21.3 Å². The van der Waals surface area contributed by atoms with Crippen LogP contribution in [-0.2, 0) is 12.6 Å². The quantitative estimate of drug-likeness (QED) is 0.852. The smallest absolute Gasteiger partial charge is 0.348 e. The third kappa shape index (κ3) is 3.61. The van der Waals surface area contributed by atoms with E-state index < -0.39 is 17.6 Å². The highest BCUT2D eigenvalue weighted by Gasteiger charge is 2.33. The van der Waals surface area contributed by atoms with E-state index in [1.165, 1.54) is 4.40 Å². The van der Waals surface area contributed by atoms with Crippen molar-refractivity contribution in [1.82, 2.24) is 14.7 Å². The van der Waals surface area contributed by atoms with Gasteiger partial charge < -0.3 is 5.32 Å². The summed E-state index contributed by atoms with van der Waals surface area (Å²) in [6.45, 7) is 1.80. The average Bonchev–Trinajstić information content (AvgIpc) is 2.94. The van der Waals surface area contributed by atoms with Crippen molar-refractivity contribution in [2.45, 2.75) is 57.7 Å². The largest absolute Gasteiger partial charge is 0.417 e. The summed E-state index contributed by atoms with van der Waals surface area (Å²) in [6.07, 6.45) is 1.77. The molecule has 1 amide bonds. The molecule has 0 bridgehead atoms. The Hall–Kier alpha value is -1.76. The van der Waals surface area contributed by atoms with E-state index in [-0.39, 0.29) is 22.4 Å². The summed E-state index contributed by atoms with van der Waals surface area (Å²) >= 11 is 5.99. The molecular formula is C17H19ClF3N3O. The zero-order chi connectivity index (χ0) is 18.2. The molecule has 1 fully saturated rings. The minimum absolute atomic E-state index is 0.0535. The van der Waals surface area contributed by atoms with Crippen LogP contribution in [0.2, 0.25) is 5.02 Å². The standard InChI is InChI=1S/C17H19ClF3N3O/c1-2-13-14(16(25)22-11-6-4-3-5-7-11)24-9-10(17(19,20)21)8-12(18)15(24)23-13/h8-9,11H,2-7H2,1H3,(H,22,25). The second-order valence-corrected chi connectivity index (χ2v) is 6.74. The molecule has 2 heterocycles. The van der Waals surface area contributed by atoms with E-state index in [2.05, 4.69) is 10.3 Å². The number of carbonyl (C=O) groups is 1. The molecule has 25 heavy (non-hydrogen) atoms. The lowest BCUT2D eigenvalue weighted by Crippen LogP contribution is -2.37. The molecular weight excluding hydrogens is 355 g/mol. The summed E-state index contributed by atoms with van der Waals surface area (Å²) in [5.41, 5.74) is -0.164. The molecule has 3 rings (SSSR count). The van der Waals surface area contributed by atoms with Crippen molar-refractivity contribution in [3.63, 3.8) is 0 Å². The van der Waals surface area contributed by atoms with E-state index in [4.69, 9.17) is 11.6 Å². The molecule has 0 aliphatic heterocycles. The molecule has 0 radical (unpaired) electrons. The first kappa shape index (κ1) is 18.0. The van der Waals surface area contributed by atoms with Crippen molar-refractivity contribution in [1.29, 1.82) is 0 Å². The van der Waals surface area contributed by atoms with Crippen LogP contribution < -0.4 is 5.32 Å². The number of carbonyl (C=O) groups excluding carboxylic acids is 1. The molecule has 0 unspecified atom stereocenters. The molecule has 136 valence electrons. The first-order valence-corrected chi connectivity index (χ1v) is 8.77. The van der Waals surface area contributed by atoms with Crippen molar-refractivity contribution >= 4 is 23.2 Å². The number of hydrogen-bond donors (Lipinski definition) is 1. The van der Waals surface area contributed by atoms with Gasteiger partial charge in [-0.25, -0.2) is 4.98 Å². The Morgan fingerprint density at radius 3 is 2.64 bits per heavy atom. The van der Waals surface area contributed by atoms with Gasteiger partial charge in [-0.05, 0) is 25.3 Å². The number of aryl methyl sites for hydroxylation is 1. The predicted octanol–water partition coefficient (Wildman–Crippen LogP) is 4.63. The minimum Gasteiger partial charge on any atom is -0.348 e. The number of imidazole rings is 1. The van der Waals surface area contributed by atoms with Crippen LogP contribution >= 0.6 is 11.6 Å². The molecule has 0 atom stereocenters. The summed E-state index contributed by atoms with van der Waals surface area (Å²) in [4.78, 5) is 17.0. The third-order valence-corrected chi connectivity index (χ3v) is 4.84. The lowest BCUT2D eigenvalue weighted by Gasteiger charge is -2.22. The highest BCUT2D eigenvalue weighted by Crippen LogP contribution is 2.33. The van der Waals surface area contributed by atoms with Crippen LogP contribution in [0, 0.1) is 0 Å². The van der Waals surface area contributed by atoms with Gasteiger partial charge in [0.05, 0.1) is 16.3 Å². The Balaban J connectivity index is 2.05. The zero-order valence-corrected chi connectivity index (χ0v) is 14.5. The molecule has 8 heteroatoms. The molecule has 2 aromatic rings. The molecule has 1 aliphatic rings. The monoisotopic (exact) mass is 373 g/mol. The second-order valence-electron chi connectivity index (χ2n) is 6.34. The highest BCUT2D eigenvalue weighted by molar-refractivity contribution is 6.33. The molecule has 1 N–H and O–H groups in total. The maximum Gasteiger partial charge on any atom is 0.417 e. The SMILES string of the molecule is CCc1nc2c(Cl)cc(C(F)(F)F)cn2c1C(=O)NC1CCCCC1. The average molecular weight is 374 g/mol. The summed E-state index contributed by atoms with van der Waals surface area (Å²) in [5.74, 6) is -0.397. The minimum atomic E-state index is -4.55. The lowest BCUT2D eigenvalue weighted by molar-refractivity contribution is -0.137. The fourth-order valence-corrected chi connectivity index (χ4v) is 3.54. The van der Waals surface area contributed by atoms with Gasteiger partial charge in [0, 0.05) is 12.2 Å². The maximum atomic E-state index is 13.1. The Kier molecular flexibility index (Phi) is 4.95. The van der Waals surface area contributed by atoms with Crippen LogP contribution in [0.25, 0.3) is 5.65 Å². The van der Waals surface area contributed by atoms with Crippen LogP contribution in [0.3, 0.4) is 0 Å². The number of halogens is 4. The van der Waals surface area contributed by atoms with Crippen LogP contribution in [0.4, 0.5) is 13.2 Å². The summed E-state index contributed by atoms with van der Waals surface area (Å²) in [7, 11) is 0. The van der Waals surface area contributed by atoms with Gasteiger partial charge in [-0.2, -0.15) is 13.2 Å². The van der Waals surface area contributed by atoms with Crippen LogP contribution in [0.5, 0.6) is 0 Å². The van der Waals surface area contributed by atoms with Crippen molar-refractivity contribution in [2.75, 3.05) is 0 Å². The Morgan fingerprint density at radius 2 is 2.04 bits per heavy atom. The summed E-state index contributed by atoms with van der Waals surface area (Å²) < 4.78 is 40.5. The fourth-order valence-electron chi connectivity index (χ4n) is 3.29. The number of nitrogens with zero attached hydrogens (tertiary/aromatic N) is 2. The number of amides is 1. The normalized spacial score (nSPS) is 16.4. The molecule has 2 aromatic heterocycles. The van der Waals surface area contributed by atoms with Gasteiger partial charge in [0.1, 0.15) is 5.69 Å². The predicted molar refractivity (Wildman–Crippen MR) is 88.9 cm³/mol. The molecule has 1 saturated carbocycles. The van der Waals surface area contributed by atoms with E-state index in [1.807, 2.05) is 0 Å². The topological polar surface area (TPSA) is 46.4 Å². The van der Waals surface area contributed by atoms with E-state index >= 15 is 0 Å². The van der Waals surface area contributed by atoms with Crippen LogP contribution in [0.15, 0.2) is 12.3 Å². The summed E-state index contributed by atoms with van der Waals surface area (Å²) in [6, 6.07) is 0.893. The van der Waals surface area contributed by atoms with Crippen LogP contribution in [0.1, 0.15) is 60.8 Å². The first-order valence-electron chi connectivity index (χ1n) is 8.39. The number of alkyl halides is 3. The Bertz CT molecular complexity index is 795. The second kappa shape index (κ2) is 6.86. The van der Waals surface area contributed by atoms with E-state index in [9.17, 15) is 18.0 Å². The maximum absolute atomic E-state index is 13.1. The van der Waals surface area contributed by atoms with Gasteiger partial charge in [0.25, 0.3) is 5.91 Å². The Morgan fingerprint density at radius 1 is 1.36 bits per heavy atom. The van der Waals surface area contributed by atoms with Gasteiger partial charge in [-0.15, -0.1) is 0 Å². The summed E-state index contributed by atoms with van der Waals surface area (Å²) in [5, 5.41) is 2.82. The zero-order valence-electron chi connectivity index (χ0n) is 13.8. The van der Waals surface area contributed by atoms with Crippen molar-refractivity contribution in [3.8, 4) is 0 Å². The lowest BCUT2D eigenvalue weighted by atomic mass is 9.95. The van der Waals surface area contributed by atoms with Gasteiger partial charge in [0.15, 0.2) is 5.65 Å². The number of aromatic nitrogens is 2. The number of rotatable bonds is 3. The molecule has 0 aromatic carbocycles. The third-order valence-electron chi connectivity index (χ3n) is 4.57. The van der Waals surface area contributed by atoms with E-state index in [0.29, 0.717) is 12.1 Å². The van der Waals surface area contributed by atoms with Gasteiger partial charge in [-0.1, -0.05) is 37.8 Å². The number of pyridine rings is 1. The van der Waals surface area contributed by atoms with Gasteiger partial charge in [-0.3, -0.25) is 9.20 Å². The Labute approximate surface area is 148 Å². The fraction of sp³-hybridized carbons (Fsp3) is 0.529. The highest BCUT2D eigenvalue weighted by atomic mass is 35.5. The van der Waals surface area contributed by atoms with E-state index in [0.717, 1.165) is 44.4 Å². The molecule has 0 saturated heterocycles.